The lowest BCUT2D eigenvalue weighted by atomic mass is 10.3. The normalized spacial score (nSPS) is 12.3. The molecule has 18 heavy (non-hydrogen) atoms. The highest BCUT2D eigenvalue weighted by Crippen LogP contribution is 2.11. The van der Waals surface area contributed by atoms with Crippen molar-refractivity contribution in [3.63, 3.8) is 0 Å². The maximum atomic E-state index is 11.3. The lowest BCUT2D eigenvalue weighted by Gasteiger charge is -2.12. The molecule has 0 radical (unpaired) electrons. The average Bonchev–Trinajstić information content (AvgIpc) is 2.80. The van der Waals surface area contributed by atoms with Crippen LogP contribution in [0.25, 0.3) is 5.65 Å². The smallest absolute Gasteiger partial charge is 0.407 e. The number of alkyl carbamates (subject to hydrolysis) is 1. The van der Waals surface area contributed by atoms with Gasteiger partial charge in [0.1, 0.15) is 6.61 Å². The van der Waals surface area contributed by atoms with Crippen LogP contribution >= 0.6 is 0 Å². The number of rotatable bonds is 4. The Kier molecular flexibility index (Phi) is 3.73. The Hall–Kier alpha value is -2.15. The van der Waals surface area contributed by atoms with Gasteiger partial charge in [0.05, 0.1) is 12.6 Å². The molecule has 2 aromatic rings. The second-order valence-electron chi connectivity index (χ2n) is 3.71. The number of aliphatic hydroxyl groups is 1. The van der Waals surface area contributed by atoms with Crippen molar-refractivity contribution in [3.05, 3.63) is 30.2 Å². The third-order valence-electron chi connectivity index (χ3n) is 2.39. The molecule has 1 amide bonds. The molecule has 1 unspecified atom stereocenters. The van der Waals surface area contributed by atoms with Gasteiger partial charge in [0.2, 0.25) is 0 Å². The number of hydrogen-bond donors (Lipinski definition) is 2. The minimum Gasteiger partial charge on any atom is -0.447 e. The molecule has 1 atom stereocenters. The highest BCUT2D eigenvalue weighted by atomic mass is 16.6. The topological polar surface area (TPSA) is 88.8 Å². The summed E-state index contributed by atoms with van der Waals surface area (Å²) in [6, 6.07) is 5.21. The molecule has 7 heteroatoms. The Balaban J connectivity index is 2.09. The van der Waals surface area contributed by atoms with Crippen LogP contribution < -0.4 is 5.32 Å². The summed E-state index contributed by atoms with van der Waals surface area (Å²) < 4.78 is 6.50. The first-order valence-corrected chi connectivity index (χ1v) is 5.56. The number of hydrogen-bond acceptors (Lipinski definition) is 5. The number of nitrogens with zero attached hydrogens (tertiary/aromatic N) is 3. The fourth-order valence-electron chi connectivity index (χ4n) is 1.58. The Labute approximate surface area is 103 Å². The van der Waals surface area contributed by atoms with Crippen molar-refractivity contribution in [2.24, 2.45) is 0 Å². The first kappa shape index (κ1) is 12.3. The van der Waals surface area contributed by atoms with Gasteiger partial charge in [-0.1, -0.05) is 6.07 Å². The number of carbonyl (C=O) groups is 1. The maximum absolute atomic E-state index is 11.3. The van der Waals surface area contributed by atoms with Crippen molar-refractivity contribution in [1.82, 2.24) is 19.9 Å². The van der Waals surface area contributed by atoms with Gasteiger partial charge < -0.3 is 15.2 Å². The van der Waals surface area contributed by atoms with Crippen molar-refractivity contribution in [2.75, 3.05) is 13.2 Å². The molecule has 2 rings (SSSR count). The van der Waals surface area contributed by atoms with E-state index in [9.17, 15) is 4.79 Å². The zero-order chi connectivity index (χ0) is 13.0. The number of aliphatic hydroxyl groups excluding tert-OH is 1. The highest BCUT2D eigenvalue weighted by molar-refractivity contribution is 5.67. The molecule has 0 aromatic carbocycles. The first-order chi connectivity index (χ1) is 8.72. The molecular formula is C11H14N4O3. The van der Waals surface area contributed by atoms with Crippen molar-refractivity contribution in [3.8, 4) is 0 Å². The SMILES string of the molecule is CC(NC(=O)OCCO)c1nnc2ccccn12. The monoisotopic (exact) mass is 250 g/mol. The molecule has 2 aromatic heterocycles. The fourth-order valence-corrected chi connectivity index (χ4v) is 1.58. The van der Waals surface area contributed by atoms with E-state index in [4.69, 9.17) is 9.84 Å². The minimum atomic E-state index is -0.593. The second kappa shape index (κ2) is 5.46. The Morgan fingerprint density at radius 2 is 2.39 bits per heavy atom. The van der Waals surface area contributed by atoms with Crippen LogP contribution in [0.4, 0.5) is 4.79 Å². The number of aromatic nitrogens is 3. The van der Waals surface area contributed by atoms with Crippen molar-refractivity contribution in [1.29, 1.82) is 0 Å². The summed E-state index contributed by atoms with van der Waals surface area (Å²) in [5.74, 6) is 0.617. The predicted octanol–water partition coefficient (Wildman–Crippen LogP) is 0.509. The predicted molar refractivity (Wildman–Crippen MR) is 63.0 cm³/mol. The van der Waals surface area contributed by atoms with Gasteiger partial charge in [-0.05, 0) is 19.1 Å². The van der Waals surface area contributed by atoms with Crippen LogP contribution in [0.3, 0.4) is 0 Å². The molecule has 0 bridgehead atoms. The van der Waals surface area contributed by atoms with Crippen LogP contribution in [0.15, 0.2) is 24.4 Å². The molecule has 2 N–H and O–H groups in total. The number of nitrogens with one attached hydrogen (secondary N) is 1. The maximum Gasteiger partial charge on any atom is 0.407 e. The van der Waals surface area contributed by atoms with Crippen molar-refractivity contribution >= 4 is 11.7 Å². The van der Waals surface area contributed by atoms with E-state index in [0.717, 1.165) is 0 Å². The van der Waals surface area contributed by atoms with E-state index in [1.165, 1.54) is 0 Å². The van der Waals surface area contributed by atoms with Crippen LogP contribution in [-0.4, -0.2) is 39.0 Å². The van der Waals surface area contributed by atoms with Crippen LogP contribution in [0, 0.1) is 0 Å². The molecule has 0 spiro atoms. The molecule has 0 aliphatic heterocycles. The van der Waals surface area contributed by atoms with E-state index in [2.05, 4.69) is 15.5 Å². The molecule has 7 nitrogen and oxygen atoms in total. The number of fused-ring (bicyclic) bond motifs is 1. The van der Waals surface area contributed by atoms with Gasteiger partial charge in [-0.2, -0.15) is 0 Å². The molecule has 0 saturated heterocycles. The van der Waals surface area contributed by atoms with Crippen LogP contribution in [0.1, 0.15) is 18.8 Å². The lowest BCUT2D eigenvalue weighted by Crippen LogP contribution is -2.29. The Morgan fingerprint density at radius 3 is 3.17 bits per heavy atom. The van der Waals surface area contributed by atoms with E-state index in [1.807, 2.05) is 24.4 Å². The molecule has 96 valence electrons. The summed E-state index contributed by atoms with van der Waals surface area (Å²) in [7, 11) is 0. The summed E-state index contributed by atoms with van der Waals surface area (Å²) in [6.45, 7) is 1.55. The van der Waals surface area contributed by atoms with E-state index in [1.54, 1.807) is 11.3 Å². The molecule has 0 saturated carbocycles. The van der Waals surface area contributed by atoms with Crippen LogP contribution in [0.5, 0.6) is 0 Å². The van der Waals surface area contributed by atoms with Crippen molar-refractivity contribution < 1.29 is 14.6 Å². The Bertz CT molecular complexity index is 540. The zero-order valence-electron chi connectivity index (χ0n) is 9.91. The van der Waals surface area contributed by atoms with Gasteiger partial charge in [0.25, 0.3) is 0 Å². The number of carbonyl (C=O) groups excluding carboxylic acids is 1. The van der Waals surface area contributed by atoms with Gasteiger partial charge in [0.15, 0.2) is 11.5 Å². The summed E-state index contributed by atoms with van der Waals surface area (Å²) in [6.07, 6.45) is 1.23. The van der Waals surface area contributed by atoms with Gasteiger partial charge in [-0.3, -0.25) is 4.40 Å². The second-order valence-corrected chi connectivity index (χ2v) is 3.71. The third kappa shape index (κ3) is 2.57. The Morgan fingerprint density at radius 1 is 1.56 bits per heavy atom. The van der Waals surface area contributed by atoms with Gasteiger partial charge in [-0.15, -0.1) is 10.2 Å². The highest BCUT2D eigenvalue weighted by Gasteiger charge is 2.15. The fraction of sp³-hybridized carbons (Fsp3) is 0.364. The van der Waals surface area contributed by atoms with Crippen LogP contribution in [-0.2, 0) is 4.74 Å². The lowest BCUT2D eigenvalue weighted by molar-refractivity contribution is 0.116. The number of pyridine rings is 1. The molecule has 0 aliphatic carbocycles. The van der Waals surface area contributed by atoms with E-state index >= 15 is 0 Å². The number of ether oxygens (including phenoxy) is 1. The number of amides is 1. The molecule has 0 fully saturated rings. The summed E-state index contributed by atoms with van der Waals surface area (Å²) >= 11 is 0. The standard InChI is InChI=1S/C11H14N4O3/c1-8(12-11(17)18-7-6-16)10-14-13-9-4-2-3-5-15(9)10/h2-5,8,16H,6-7H2,1H3,(H,12,17). The summed E-state index contributed by atoms with van der Waals surface area (Å²) in [5, 5.41) is 19.2. The average molecular weight is 250 g/mol. The van der Waals surface area contributed by atoms with Crippen LogP contribution in [0.2, 0.25) is 0 Å². The molecule has 0 aliphatic rings. The zero-order valence-corrected chi connectivity index (χ0v) is 9.91. The van der Waals surface area contributed by atoms with Gasteiger partial charge in [-0.25, -0.2) is 4.79 Å². The van der Waals surface area contributed by atoms with E-state index < -0.39 is 6.09 Å². The van der Waals surface area contributed by atoms with E-state index in [-0.39, 0.29) is 19.3 Å². The van der Waals surface area contributed by atoms with E-state index in [0.29, 0.717) is 11.5 Å². The summed E-state index contributed by atoms with van der Waals surface area (Å²) in [5.41, 5.74) is 0.713. The summed E-state index contributed by atoms with van der Waals surface area (Å²) in [4.78, 5) is 11.3. The quantitative estimate of drug-likeness (QED) is 0.825. The largest absolute Gasteiger partial charge is 0.447 e. The molecular weight excluding hydrogens is 236 g/mol. The van der Waals surface area contributed by atoms with Crippen molar-refractivity contribution in [2.45, 2.75) is 13.0 Å². The third-order valence-corrected chi connectivity index (χ3v) is 2.39. The van der Waals surface area contributed by atoms with Gasteiger partial charge >= 0.3 is 6.09 Å². The van der Waals surface area contributed by atoms with Gasteiger partial charge in [0, 0.05) is 6.20 Å². The minimum absolute atomic E-state index is 0.0286. The first-order valence-electron chi connectivity index (χ1n) is 5.56. The molecule has 2 heterocycles.